The summed E-state index contributed by atoms with van der Waals surface area (Å²) in [5, 5.41) is 2.71. The molecule has 0 aliphatic carbocycles. The van der Waals surface area contributed by atoms with E-state index in [4.69, 9.17) is 22.1 Å². The van der Waals surface area contributed by atoms with Crippen LogP contribution in [0.25, 0.3) is 0 Å². The van der Waals surface area contributed by atoms with Crippen molar-refractivity contribution in [1.29, 1.82) is 0 Å². The number of methoxy groups -OCH3 is 1. The number of carbonyl (C=O) groups excluding carboxylic acids is 1. The van der Waals surface area contributed by atoms with Crippen LogP contribution in [0.15, 0.2) is 30.3 Å². The van der Waals surface area contributed by atoms with Crippen molar-refractivity contribution in [3.8, 4) is 5.75 Å². The third-order valence-corrected chi connectivity index (χ3v) is 2.80. The largest absolute Gasteiger partial charge is 0.494 e. The van der Waals surface area contributed by atoms with Crippen molar-refractivity contribution in [2.24, 2.45) is 0 Å². The number of ether oxygens (including phenoxy) is 1. The van der Waals surface area contributed by atoms with E-state index in [9.17, 15) is 9.18 Å². The molecule has 1 heterocycles. The lowest BCUT2D eigenvalue weighted by Crippen LogP contribution is -2.15. The Balaban J connectivity index is 2.25. The average molecular weight is 296 g/mol. The standard InChI is InChI=1S/C13H11ClFN3O2/c1-20-10-6-7(2-4-9(10)15)17-13(19)12-8(14)3-5-11(16)18-12/h2-6H,1H3,(H2,16,18)(H,17,19). The fourth-order valence-corrected chi connectivity index (χ4v) is 1.74. The van der Waals surface area contributed by atoms with Crippen LogP contribution in [0.5, 0.6) is 5.75 Å². The minimum absolute atomic E-state index is 0.00467. The van der Waals surface area contributed by atoms with E-state index in [1.165, 1.54) is 37.4 Å². The molecule has 1 amide bonds. The smallest absolute Gasteiger partial charge is 0.275 e. The number of nitrogen functional groups attached to an aromatic ring is 1. The number of hydrogen-bond donors (Lipinski definition) is 2. The van der Waals surface area contributed by atoms with Crippen molar-refractivity contribution in [2.45, 2.75) is 0 Å². The van der Waals surface area contributed by atoms with Gasteiger partial charge in [-0.3, -0.25) is 4.79 Å². The summed E-state index contributed by atoms with van der Waals surface area (Å²) in [6.07, 6.45) is 0. The number of benzene rings is 1. The van der Waals surface area contributed by atoms with E-state index in [1.807, 2.05) is 0 Å². The van der Waals surface area contributed by atoms with Crippen LogP contribution in [0.3, 0.4) is 0 Å². The molecular weight excluding hydrogens is 285 g/mol. The predicted octanol–water partition coefficient (Wildman–Crippen LogP) is 2.72. The highest BCUT2D eigenvalue weighted by atomic mass is 35.5. The van der Waals surface area contributed by atoms with Gasteiger partial charge >= 0.3 is 0 Å². The normalized spacial score (nSPS) is 10.2. The molecule has 20 heavy (non-hydrogen) atoms. The van der Waals surface area contributed by atoms with E-state index in [0.717, 1.165) is 0 Å². The molecule has 104 valence electrons. The summed E-state index contributed by atoms with van der Waals surface area (Å²) in [7, 11) is 1.33. The van der Waals surface area contributed by atoms with Gasteiger partial charge in [-0.15, -0.1) is 0 Å². The fourth-order valence-electron chi connectivity index (χ4n) is 1.54. The molecule has 0 aliphatic heterocycles. The molecule has 2 aromatic rings. The summed E-state index contributed by atoms with van der Waals surface area (Å²) >= 11 is 5.88. The Labute approximate surface area is 119 Å². The maximum absolute atomic E-state index is 13.3. The highest BCUT2D eigenvalue weighted by Crippen LogP contribution is 2.23. The van der Waals surface area contributed by atoms with Crippen LogP contribution >= 0.6 is 11.6 Å². The van der Waals surface area contributed by atoms with E-state index in [-0.39, 0.29) is 22.3 Å². The molecular formula is C13H11ClFN3O2. The van der Waals surface area contributed by atoms with E-state index < -0.39 is 11.7 Å². The van der Waals surface area contributed by atoms with Crippen LogP contribution in [-0.2, 0) is 0 Å². The van der Waals surface area contributed by atoms with Gasteiger partial charge < -0.3 is 15.8 Å². The van der Waals surface area contributed by atoms with Crippen LogP contribution in [-0.4, -0.2) is 18.0 Å². The van der Waals surface area contributed by atoms with E-state index in [1.54, 1.807) is 0 Å². The number of nitrogens with one attached hydrogen (secondary N) is 1. The lowest BCUT2D eigenvalue weighted by atomic mass is 10.2. The van der Waals surface area contributed by atoms with Crippen molar-refractivity contribution in [1.82, 2.24) is 4.98 Å². The lowest BCUT2D eigenvalue weighted by Gasteiger charge is -2.08. The van der Waals surface area contributed by atoms with Gasteiger partial charge in [0.25, 0.3) is 5.91 Å². The Bertz CT molecular complexity index is 664. The molecule has 0 saturated heterocycles. The number of nitrogens with two attached hydrogens (primary N) is 1. The molecule has 1 aromatic heterocycles. The SMILES string of the molecule is COc1cc(NC(=O)c2nc(N)ccc2Cl)ccc1F. The number of pyridine rings is 1. The molecule has 0 fully saturated rings. The quantitative estimate of drug-likeness (QED) is 0.912. The van der Waals surface area contributed by atoms with Crippen molar-refractivity contribution < 1.29 is 13.9 Å². The lowest BCUT2D eigenvalue weighted by molar-refractivity contribution is 0.102. The van der Waals surface area contributed by atoms with Gasteiger partial charge in [0.2, 0.25) is 0 Å². The van der Waals surface area contributed by atoms with Gasteiger partial charge in [0, 0.05) is 11.8 Å². The van der Waals surface area contributed by atoms with Crippen molar-refractivity contribution in [2.75, 3.05) is 18.2 Å². The Morgan fingerprint density at radius 2 is 2.15 bits per heavy atom. The van der Waals surface area contributed by atoms with Gasteiger partial charge in [0.1, 0.15) is 11.5 Å². The molecule has 2 rings (SSSR count). The Morgan fingerprint density at radius 3 is 2.85 bits per heavy atom. The number of aromatic nitrogens is 1. The van der Waals surface area contributed by atoms with Gasteiger partial charge in [-0.2, -0.15) is 0 Å². The maximum Gasteiger partial charge on any atom is 0.275 e. The predicted molar refractivity (Wildman–Crippen MR) is 74.6 cm³/mol. The number of anilines is 2. The monoisotopic (exact) mass is 295 g/mol. The second-order valence-corrected chi connectivity index (χ2v) is 4.28. The molecule has 0 radical (unpaired) electrons. The maximum atomic E-state index is 13.3. The number of nitrogens with zero attached hydrogens (tertiary/aromatic N) is 1. The van der Waals surface area contributed by atoms with Crippen LogP contribution < -0.4 is 15.8 Å². The molecule has 5 nitrogen and oxygen atoms in total. The third kappa shape index (κ3) is 2.97. The molecule has 0 bridgehead atoms. The van der Waals surface area contributed by atoms with E-state index in [2.05, 4.69) is 10.3 Å². The summed E-state index contributed by atoms with van der Waals surface area (Å²) in [5.74, 6) is -0.868. The number of amides is 1. The van der Waals surface area contributed by atoms with Gasteiger partial charge in [-0.25, -0.2) is 9.37 Å². The highest BCUT2D eigenvalue weighted by molar-refractivity contribution is 6.34. The molecule has 0 atom stereocenters. The molecule has 3 N–H and O–H groups in total. The Kier molecular flexibility index (Phi) is 4.05. The third-order valence-electron chi connectivity index (χ3n) is 2.49. The first kappa shape index (κ1) is 14.1. The van der Waals surface area contributed by atoms with Crippen LogP contribution in [0.1, 0.15) is 10.5 Å². The molecule has 1 aromatic carbocycles. The Hall–Kier alpha value is -2.34. The zero-order chi connectivity index (χ0) is 14.7. The summed E-state index contributed by atoms with van der Waals surface area (Å²) in [4.78, 5) is 15.9. The first-order chi connectivity index (χ1) is 9.51. The van der Waals surface area contributed by atoms with Crippen molar-refractivity contribution in [3.63, 3.8) is 0 Å². The van der Waals surface area contributed by atoms with Crippen LogP contribution in [0, 0.1) is 5.82 Å². The summed E-state index contributed by atoms with van der Waals surface area (Å²) in [6, 6.07) is 6.90. The second kappa shape index (κ2) is 5.75. The zero-order valence-electron chi connectivity index (χ0n) is 10.5. The molecule has 0 aliphatic rings. The van der Waals surface area contributed by atoms with E-state index in [0.29, 0.717) is 5.69 Å². The van der Waals surface area contributed by atoms with Crippen molar-refractivity contribution in [3.05, 3.63) is 46.9 Å². The van der Waals surface area contributed by atoms with Crippen molar-refractivity contribution >= 4 is 29.0 Å². The fraction of sp³-hybridized carbons (Fsp3) is 0.0769. The van der Waals surface area contributed by atoms with E-state index >= 15 is 0 Å². The molecule has 7 heteroatoms. The molecule has 0 spiro atoms. The van der Waals surface area contributed by atoms with Gasteiger partial charge in [0.05, 0.1) is 12.1 Å². The van der Waals surface area contributed by atoms with Crippen LogP contribution in [0.2, 0.25) is 5.02 Å². The zero-order valence-corrected chi connectivity index (χ0v) is 11.2. The Morgan fingerprint density at radius 1 is 1.40 bits per heavy atom. The first-order valence-corrected chi connectivity index (χ1v) is 5.96. The minimum Gasteiger partial charge on any atom is -0.494 e. The van der Waals surface area contributed by atoms with Crippen LogP contribution in [0.4, 0.5) is 15.9 Å². The summed E-state index contributed by atoms with van der Waals surface area (Å²) in [6.45, 7) is 0. The van der Waals surface area contributed by atoms with Gasteiger partial charge in [-0.05, 0) is 24.3 Å². The number of carbonyl (C=O) groups is 1. The molecule has 0 saturated carbocycles. The minimum atomic E-state index is -0.545. The number of hydrogen-bond acceptors (Lipinski definition) is 4. The number of halogens is 2. The summed E-state index contributed by atoms with van der Waals surface area (Å²) in [5.41, 5.74) is 5.86. The summed E-state index contributed by atoms with van der Waals surface area (Å²) < 4.78 is 18.1. The first-order valence-electron chi connectivity index (χ1n) is 5.58. The number of rotatable bonds is 3. The topological polar surface area (TPSA) is 77.2 Å². The van der Waals surface area contributed by atoms with Gasteiger partial charge in [-0.1, -0.05) is 11.6 Å². The average Bonchev–Trinajstić information content (AvgIpc) is 2.43. The van der Waals surface area contributed by atoms with Gasteiger partial charge in [0.15, 0.2) is 11.6 Å². The highest BCUT2D eigenvalue weighted by Gasteiger charge is 2.14. The molecule has 0 unspecified atom stereocenters. The second-order valence-electron chi connectivity index (χ2n) is 3.87.